The van der Waals surface area contributed by atoms with Crippen LogP contribution in [0, 0.1) is 19.8 Å². The Kier molecular flexibility index (Phi) is 6.99. The van der Waals surface area contributed by atoms with Crippen LogP contribution >= 0.6 is 24.2 Å². The Morgan fingerprint density at radius 2 is 1.88 bits per heavy atom. The fourth-order valence-corrected chi connectivity index (χ4v) is 5.99. The molecule has 1 saturated carbocycles. The third-order valence-corrected chi connectivity index (χ3v) is 7.88. The number of nitrogens with zero attached hydrogens (tertiary/aromatic N) is 5. The van der Waals surface area contributed by atoms with E-state index in [-0.39, 0.29) is 17.8 Å². The number of hydrogen-bond donors (Lipinski definition) is 0. The number of fused-ring (bicyclic) bond motifs is 1. The molecule has 5 nitrogen and oxygen atoms in total. The molecule has 182 valence electrons. The number of rotatable bonds is 7. The molecular weight excluding hydrogens is 483 g/mol. The van der Waals surface area contributed by atoms with Crippen LogP contribution in [-0.2, 0) is 11.6 Å². The monoisotopic (exact) mass is 509 g/mol. The summed E-state index contributed by atoms with van der Waals surface area (Å²) in [5, 5.41) is 9.47. The molecule has 10 heteroatoms. The molecule has 2 fully saturated rings. The smallest absolute Gasteiger partial charge is 0.302 e. The highest BCUT2D eigenvalue weighted by atomic mass is 35.5. The van der Waals surface area contributed by atoms with Gasteiger partial charge in [-0.3, -0.25) is 9.55 Å². The van der Waals surface area contributed by atoms with Crippen LogP contribution in [0.15, 0.2) is 47.8 Å². The molecule has 0 spiro atoms. The van der Waals surface area contributed by atoms with Crippen molar-refractivity contribution in [3.8, 4) is 5.69 Å². The standard InChI is InChI=1S/C24H26F3N5S.ClH/c1-16-21(5-3-10-28-16)32-17(2)29-30-22(32)33-12-4-11-31-14-20-13-23(20,15-31)18-6-8-19(9-7-18)24(25,26)27;/h3,5-10,20H,4,11-15H2,1-2H3;1H/t20-,23-;/m1./s1. The maximum Gasteiger partial charge on any atom is 0.416 e. The minimum Gasteiger partial charge on any atom is -0.302 e. The average molecular weight is 510 g/mol. The summed E-state index contributed by atoms with van der Waals surface area (Å²) < 4.78 is 40.7. The molecule has 0 N–H and O–H groups in total. The third-order valence-electron chi connectivity index (χ3n) is 6.87. The van der Waals surface area contributed by atoms with Gasteiger partial charge in [-0.15, -0.1) is 22.6 Å². The zero-order chi connectivity index (χ0) is 23.2. The number of aryl methyl sites for hydroxylation is 2. The van der Waals surface area contributed by atoms with Gasteiger partial charge in [0, 0.05) is 30.5 Å². The Labute approximate surface area is 207 Å². The predicted molar refractivity (Wildman–Crippen MR) is 129 cm³/mol. The van der Waals surface area contributed by atoms with Crippen LogP contribution in [0.1, 0.15) is 35.5 Å². The highest BCUT2D eigenvalue weighted by Crippen LogP contribution is 2.59. The van der Waals surface area contributed by atoms with E-state index >= 15 is 0 Å². The quantitative estimate of drug-likeness (QED) is 0.312. The van der Waals surface area contributed by atoms with Crippen molar-refractivity contribution in [2.75, 3.05) is 25.4 Å². The molecule has 2 aliphatic rings. The Balaban J connectivity index is 0.00000274. The number of hydrogen-bond acceptors (Lipinski definition) is 5. The summed E-state index contributed by atoms with van der Waals surface area (Å²) in [6.07, 6.45) is -0.407. The summed E-state index contributed by atoms with van der Waals surface area (Å²) in [7, 11) is 0. The average Bonchev–Trinajstić information content (AvgIpc) is 3.16. The first-order chi connectivity index (χ1) is 15.8. The molecule has 1 aliphatic carbocycles. The van der Waals surface area contributed by atoms with Crippen molar-refractivity contribution in [1.29, 1.82) is 0 Å². The molecule has 0 amide bonds. The lowest BCUT2D eigenvalue weighted by Gasteiger charge is -2.21. The molecule has 2 aromatic heterocycles. The Hall–Kier alpha value is -2.10. The zero-order valence-electron chi connectivity index (χ0n) is 19.0. The number of thioether (sulfide) groups is 1. The minimum absolute atomic E-state index is 0. The van der Waals surface area contributed by atoms with E-state index in [2.05, 4.69) is 24.6 Å². The summed E-state index contributed by atoms with van der Waals surface area (Å²) in [6, 6.07) is 9.75. The van der Waals surface area contributed by atoms with Crippen LogP contribution in [0.2, 0.25) is 0 Å². The van der Waals surface area contributed by atoms with Gasteiger partial charge in [0.2, 0.25) is 0 Å². The normalized spacial score (nSPS) is 21.9. The zero-order valence-corrected chi connectivity index (χ0v) is 20.7. The summed E-state index contributed by atoms with van der Waals surface area (Å²) in [6.45, 7) is 6.85. The van der Waals surface area contributed by atoms with E-state index in [1.807, 2.05) is 26.0 Å². The van der Waals surface area contributed by atoms with E-state index in [0.717, 1.165) is 66.2 Å². The number of aromatic nitrogens is 4. The van der Waals surface area contributed by atoms with Gasteiger partial charge in [-0.25, -0.2) is 0 Å². The van der Waals surface area contributed by atoms with Crippen molar-refractivity contribution in [3.63, 3.8) is 0 Å². The number of benzene rings is 1. The fourth-order valence-electron chi connectivity index (χ4n) is 5.07. The molecule has 1 aliphatic heterocycles. The Morgan fingerprint density at radius 3 is 2.59 bits per heavy atom. The van der Waals surface area contributed by atoms with Crippen LogP contribution in [0.4, 0.5) is 13.2 Å². The predicted octanol–water partition coefficient (Wildman–Crippen LogP) is 5.48. The molecule has 3 aromatic rings. The first-order valence-corrected chi connectivity index (χ1v) is 12.1. The van der Waals surface area contributed by atoms with Gasteiger partial charge >= 0.3 is 6.18 Å². The number of likely N-dealkylation sites (tertiary alicyclic amines) is 1. The van der Waals surface area contributed by atoms with E-state index in [4.69, 9.17) is 0 Å². The molecule has 1 aromatic carbocycles. The molecule has 3 heterocycles. The van der Waals surface area contributed by atoms with Crippen LogP contribution in [0.3, 0.4) is 0 Å². The first-order valence-electron chi connectivity index (χ1n) is 11.1. The molecule has 1 saturated heterocycles. The molecule has 5 rings (SSSR count). The second-order valence-electron chi connectivity index (χ2n) is 9.04. The first kappa shape index (κ1) is 25.0. The number of alkyl halides is 3. The van der Waals surface area contributed by atoms with Crippen molar-refractivity contribution < 1.29 is 13.2 Å². The van der Waals surface area contributed by atoms with E-state index in [9.17, 15) is 13.2 Å². The number of piperidine rings is 1. The van der Waals surface area contributed by atoms with Gasteiger partial charge in [0.1, 0.15) is 5.82 Å². The second-order valence-corrected chi connectivity index (χ2v) is 10.1. The molecule has 0 bridgehead atoms. The van der Waals surface area contributed by atoms with Gasteiger partial charge in [-0.2, -0.15) is 13.2 Å². The van der Waals surface area contributed by atoms with Crippen molar-refractivity contribution in [2.45, 2.75) is 43.4 Å². The van der Waals surface area contributed by atoms with Crippen LogP contribution in [-0.4, -0.2) is 50.0 Å². The van der Waals surface area contributed by atoms with Crippen molar-refractivity contribution in [2.24, 2.45) is 5.92 Å². The van der Waals surface area contributed by atoms with Crippen molar-refractivity contribution in [3.05, 3.63) is 65.2 Å². The topological polar surface area (TPSA) is 46.8 Å². The molecule has 0 radical (unpaired) electrons. The van der Waals surface area contributed by atoms with Gasteiger partial charge in [-0.1, -0.05) is 23.9 Å². The maximum absolute atomic E-state index is 12.9. The summed E-state index contributed by atoms with van der Waals surface area (Å²) in [5.41, 5.74) is 2.46. The Bertz CT molecular complexity index is 1150. The van der Waals surface area contributed by atoms with Gasteiger partial charge in [0.25, 0.3) is 0 Å². The number of halogens is 4. The van der Waals surface area contributed by atoms with Gasteiger partial charge < -0.3 is 4.90 Å². The maximum atomic E-state index is 12.9. The van der Waals surface area contributed by atoms with Gasteiger partial charge in [0.15, 0.2) is 5.16 Å². The van der Waals surface area contributed by atoms with Crippen LogP contribution in [0.5, 0.6) is 0 Å². The Morgan fingerprint density at radius 1 is 1.12 bits per heavy atom. The van der Waals surface area contributed by atoms with Gasteiger partial charge in [0.05, 0.1) is 16.9 Å². The van der Waals surface area contributed by atoms with E-state index in [0.29, 0.717) is 5.92 Å². The van der Waals surface area contributed by atoms with Crippen LogP contribution < -0.4 is 0 Å². The molecule has 0 unspecified atom stereocenters. The second kappa shape index (κ2) is 9.51. The van der Waals surface area contributed by atoms with E-state index in [1.165, 1.54) is 12.1 Å². The lowest BCUT2D eigenvalue weighted by molar-refractivity contribution is -0.137. The lowest BCUT2D eigenvalue weighted by atomic mass is 9.94. The van der Waals surface area contributed by atoms with E-state index in [1.54, 1.807) is 30.1 Å². The van der Waals surface area contributed by atoms with E-state index < -0.39 is 11.7 Å². The highest BCUT2D eigenvalue weighted by molar-refractivity contribution is 7.99. The van der Waals surface area contributed by atoms with Crippen molar-refractivity contribution in [1.82, 2.24) is 24.6 Å². The van der Waals surface area contributed by atoms with Crippen molar-refractivity contribution >= 4 is 24.2 Å². The summed E-state index contributed by atoms with van der Waals surface area (Å²) in [5.74, 6) is 2.32. The SMILES string of the molecule is Cc1ncccc1-n1c(C)nnc1SCCCN1C[C@H]2C[C@]2(c2ccc(C(F)(F)F)cc2)C1.Cl. The van der Waals surface area contributed by atoms with Crippen LogP contribution in [0.25, 0.3) is 5.69 Å². The summed E-state index contributed by atoms with van der Waals surface area (Å²) >= 11 is 1.69. The number of pyridine rings is 1. The molecule has 2 atom stereocenters. The molecular formula is C24H27ClF3N5S. The lowest BCUT2D eigenvalue weighted by Crippen LogP contribution is -2.28. The van der Waals surface area contributed by atoms with Gasteiger partial charge in [-0.05, 0) is 69.0 Å². The third kappa shape index (κ3) is 4.70. The fraction of sp³-hybridized carbons (Fsp3) is 0.458. The molecule has 34 heavy (non-hydrogen) atoms. The largest absolute Gasteiger partial charge is 0.416 e. The highest BCUT2D eigenvalue weighted by Gasteiger charge is 2.60. The summed E-state index contributed by atoms with van der Waals surface area (Å²) in [4.78, 5) is 6.83. The minimum atomic E-state index is -4.28.